The van der Waals surface area contributed by atoms with Crippen LogP contribution in [0.4, 0.5) is 8.78 Å². The highest BCUT2D eigenvalue weighted by Gasteiger charge is 2.17. The monoisotopic (exact) mass is 379 g/mol. The van der Waals surface area contributed by atoms with Gasteiger partial charge in [-0.25, -0.2) is 8.78 Å². The van der Waals surface area contributed by atoms with Crippen LogP contribution in [0.2, 0.25) is 5.02 Å². The predicted molar refractivity (Wildman–Crippen MR) is 83.5 cm³/mol. The first-order valence-electron chi connectivity index (χ1n) is 6.13. The lowest BCUT2D eigenvalue weighted by atomic mass is 10.0. The van der Waals surface area contributed by atoms with E-state index in [4.69, 9.17) is 11.6 Å². The van der Waals surface area contributed by atoms with Crippen molar-refractivity contribution in [3.8, 4) is 0 Å². The summed E-state index contributed by atoms with van der Waals surface area (Å²) < 4.78 is 27.5. The fourth-order valence-electron chi connectivity index (χ4n) is 1.96. The number of hydrogen-bond donors (Lipinski definition) is 1. The molecule has 108 valence electrons. The lowest BCUT2D eigenvalue weighted by Crippen LogP contribution is -2.22. The fourth-order valence-corrected chi connectivity index (χ4v) is 3.78. The highest BCUT2D eigenvalue weighted by molar-refractivity contribution is 9.11. The highest BCUT2D eigenvalue weighted by Crippen LogP contribution is 2.36. The third kappa shape index (κ3) is 3.79. The smallest absolute Gasteiger partial charge is 0.129 e. The van der Waals surface area contributed by atoms with Crippen molar-refractivity contribution in [2.45, 2.75) is 19.4 Å². The average molecular weight is 381 g/mol. The normalized spacial score (nSPS) is 12.7. The van der Waals surface area contributed by atoms with Gasteiger partial charge in [-0.2, -0.15) is 0 Å². The van der Waals surface area contributed by atoms with Crippen LogP contribution < -0.4 is 5.32 Å². The summed E-state index contributed by atoms with van der Waals surface area (Å²) >= 11 is 10.9. The molecule has 0 aliphatic heterocycles. The molecule has 0 fully saturated rings. The Kier molecular flexibility index (Phi) is 5.55. The molecule has 0 saturated heterocycles. The molecule has 2 aromatic rings. The van der Waals surface area contributed by atoms with Crippen molar-refractivity contribution >= 4 is 38.9 Å². The van der Waals surface area contributed by atoms with Gasteiger partial charge in [-0.05, 0) is 46.6 Å². The number of likely N-dealkylation sites (N-methyl/N-ethyl adjacent to an activating group) is 1. The van der Waals surface area contributed by atoms with Crippen LogP contribution >= 0.6 is 38.9 Å². The van der Waals surface area contributed by atoms with Crippen LogP contribution in [0.25, 0.3) is 0 Å². The van der Waals surface area contributed by atoms with Gasteiger partial charge < -0.3 is 5.32 Å². The van der Waals surface area contributed by atoms with Crippen molar-refractivity contribution in [2.24, 2.45) is 0 Å². The van der Waals surface area contributed by atoms with Crippen LogP contribution in [0, 0.1) is 11.6 Å². The average Bonchev–Trinajstić information content (AvgIpc) is 2.72. The van der Waals surface area contributed by atoms with Crippen LogP contribution in [-0.2, 0) is 6.42 Å². The molecule has 1 aromatic heterocycles. The maximum atomic E-state index is 13.8. The topological polar surface area (TPSA) is 12.0 Å². The van der Waals surface area contributed by atoms with Crippen LogP contribution in [0.3, 0.4) is 0 Å². The van der Waals surface area contributed by atoms with Gasteiger partial charge in [0.25, 0.3) is 0 Å². The van der Waals surface area contributed by atoms with Gasteiger partial charge in [-0.15, -0.1) is 11.3 Å². The van der Waals surface area contributed by atoms with Gasteiger partial charge in [0.2, 0.25) is 0 Å². The van der Waals surface area contributed by atoms with Crippen molar-refractivity contribution in [2.75, 3.05) is 6.54 Å². The Bertz CT molecular complexity index is 583. The number of benzene rings is 1. The minimum atomic E-state index is -0.562. The summed E-state index contributed by atoms with van der Waals surface area (Å²) in [6.07, 6.45) is 0.448. The minimum absolute atomic E-state index is 0.0474. The van der Waals surface area contributed by atoms with Crippen LogP contribution in [-0.4, -0.2) is 6.54 Å². The van der Waals surface area contributed by atoms with E-state index in [0.717, 1.165) is 21.3 Å². The van der Waals surface area contributed by atoms with Crippen molar-refractivity contribution in [3.63, 3.8) is 0 Å². The quantitative estimate of drug-likeness (QED) is 0.738. The van der Waals surface area contributed by atoms with E-state index in [1.54, 1.807) is 0 Å². The van der Waals surface area contributed by atoms with Crippen molar-refractivity contribution in [3.05, 3.63) is 55.1 Å². The number of rotatable bonds is 5. The van der Waals surface area contributed by atoms with Gasteiger partial charge in [0.1, 0.15) is 11.6 Å². The van der Waals surface area contributed by atoms with Gasteiger partial charge >= 0.3 is 0 Å². The summed E-state index contributed by atoms with van der Waals surface area (Å²) in [5.41, 5.74) is 0.484. The molecule has 1 aromatic carbocycles. The molecule has 6 heteroatoms. The van der Waals surface area contributed by atoms with Gasteiger partial charge in [0, 0.05) is 17.0 Å². The second-order valence-corrected chi connectivity index (χ2v) is 7.13. The first kappa shape index (κ1) is 15.9. The molecule has 20 heavy (non-hydrogen) atoms. The number of hydrogen-bond acceptors (Lipinski definition) is 2. The molecule has 1 N–H and O–H groups in total. The molecular weight excluding hydrogens is 368 g/mol. The Labute approximate surface area is 134 Å². The van der Waals surface area contributed by atoms with Gasteiger partial charge in [0.15, 0.2) is 0 Å². The molecule has 1 unspecified atom stereocenters. The van der Waals surface area contributed by atoms with Crippen molar-refractivity contribution in [1.82, 2.24) is 5.32 Å². The molecule has 0 radical (unpaired) electrons. The summed E-state index contributed by atoms with van der Waals surface area (Å²) in [7, 11) is 0. The van der Waals surface area contributed by atoms with E-state index in [9.17, 15) is 8.78 Å². The summed E-state index contributed by atoms with van der Waals surface area (Å²) in [6.45, 7) is 2.74. The fraction of sp³-hybridized carbons (Fsp3) is 0.286. The Balaban J connectivity index is 2.25. The van der Waals surface area contributed by atoms with E-state index in [1.807, 2.05) is 13.0 Å². The second kappa shape index (κ2) is 6.98. The Hall–Kier alpha value is -0.490. The Morgan fingerprint density at radius 3 is 2.65 bits per heavy atom. The van der Waals surface area contributed by atoms with E-state index in [-0.39, 0.29) is 6.04 Å². The summed E-state index contributed by atoms with van der Waals surface area (Å²) in [5.74, 6) is -1.08. The molecule has 2 rings (SSSR count). The van der Waals surface area contributed by atoms with Gasteiger partial charge in [0.05, 0.1) is 8.81 Å². The van der Waals surface area contributed by atoms with Crippen LogP contribution in [0.15, 0.2) is 28.1 Å². The van der Waals surface area contributed by atoms with Crippen molar-refractivity contribution < 1.29 is 8.78 Å². The Morgan fingerprint density at radius 1 is 1.35 bits per heavy atom. The van der Waals surface area contributed by atoms with E-state index < -0.39 is 11.6 Å². The highest BCUT2D eigenvalue weighted by atomic mass is 79.9. The summed E-state index contributed by atoms with van der Waals surface area (Å²) in [6, 6.07) is 5.49. The molecule has 1 heterocycles. The zero-order valence-corrected chi connectivity index (χ0v) is 13.9. The van der Waals surface area contributed by atoms with Crippen LogP contribution in [0.5, 0.6) is 0 Å². The standard InChI is InChI=1S/C14H13BrClF2NS/c1-2-19-12(13-7-10(16)14(15)20-13)5-8-3-4-9(17)6-11(8)18/h3-4,6-7,12,19H,2,5H2,1H3. The first-order valence-corrected chi connectivity index (χ1v) is 8.12. The number of nitrogens with one attached hydrogen (secondary N) is 1. The largest absolute Gasteiger partial charge is 0.309 e. The number of halogens is 4. The van der Waals surface area contributed by atoms with Crippen molar-refractivity contribution in [1.29, 1.82) is 0 Å². The SMILES string of the molecule is CCNC(Cc1ccc(F)cc1F)c1cc(Cl)c(Br)s1. The zero-order valence-electron chi connectivity index (χ0n) is 10.7. The van der Waals surface area contributed by atoms with Gasteiger partial charge in [-0.1, -0.05) is 24.6 Å². The maximum Gasteiger partial charge on any atom is 0.129 e. The minimum Gasteiger partial charge on any atom is -0.309 e. The van der Waals surface area contributed by atoms with E-state index >= 15 is 0 Å². The molecule has 0 aliphatic rings. The van der Waals surface area contributed by atoms with E-state index in [2.05, 4.69) is 21.2 Å². The molecule has 0 amide bonds. The third-order valence-electron chi connectivity index (χ3n) is 2.90. The zero-order chi connectivity index (χ0) is 14.7. The van der Waals surface area contributed by atoms with E-state index in [0.29, 0.717) is 17.0 Å². The third-order valence-corrected chi connectivity index (χ3v) is 5.49. The lowest BCUT2D eigenvalue weighted by Gasteiger charge is -2.17. The second-order valence-electron chi connectivity index (χ2n) is 4.32. The molecule has 0 aliphatic carbocycles. The summed E-state index contributed by atoms with van der Waals surface area (Å²) in [5, 5.41) is 3.95. The Morgan fingerprint density at radius 2 is 2.10 bits per heavy atom. The molecule has 0 bridgehead atoms. The first-order chi connectivity index (χ1) is 9.51. The van der Waals surface area contributed by atoms with Crippen LogP contribution in [0.1, 0.15) is 23.4 Å². The molecule has 1 atom stereocenters. The predicted octanol–water partition coefficient (Wildman–Crippen LogP) is 5.34. The van der Waals surface area contributed by atoms with E-state index in [1.165, 1.54) is 23.5 Å². The molecule has 0 saturated carbocycles. The lowest BCUT2D eigenvalue weighted by molar-refractivity contribution is 0.526. The molecule has 1 nitrogen and oxygen atoms in total. The summed E-state index contributed by atoms with van der Waals surface area (Å²) in [4.78, 5) is 1.02. The maximum absolute atomic E-state index is 13.8. The molecular formula is C14H13BrClF2NS. The van der Waals surface area contributed by atoms with Gasteiger partial charge in [-0.3, -0.25) is 0 Å². The molecule has 0 spiro atoms. The number of thiophene rings is 1.